The highest BCUT2D eigenvalue weighted by atomic mass is 32.1. The molecule has 7 aromatic heterocycles. The maximum absolute atomic E-state index is 15.2. The van der Waals surface area contributed by atoms with Gasteiger partial charge in [0.1, 0.15) is 93.8 Å². The summed E-state index contributed by atoms with van der Waals surface area (Å²) in [6.07, 6.45) is -4.42. The molecule has 10 bridgehead atoms. The summed E-state index contributed by atoms with van der Waals surface area (Å²) in [5, 5.41) is 49.8. The van der Waals surface area contributed by atoms with Gasteiger partial charge in [0.25, 0.3) is 23.6 Å². The maximum Gasteiger partial charge on any atom is 0.428 e. The van der Waals surface area contributed by atoms with Gasteiger partial charge in [0.15, 0.2) is 0 Å². The van der Waals surface area contributed by atoms with Crippen LogP contribution in [-0.4, -0.2) is 115 Å². The Kier molecular flexibility index (Phi) is 16.6. The number of nitrogens with one attached hydrogen (secondary N) is 4. The van der Waals surface area contributed by atoms with Gasteiger partial charge >= 0.3 is 6.09 Å². The molecule has 0 aliphatic carbocycles. The number of amides is 7. The number of nitrogens with zero attached hydrogens (tertiary/aromatic N) is 8. The first-order valence-corrected chi connectivity index (χ1v) is 30.8. The van der Waals surface area contributed by atoms with Gasteiger partial charge in [0, 0.05) is 56.2 Å². The minimum atomic E-state index is -1.56. The predicted octanol–water partition coefficient (Wildman–Crippen LogP) is 6.59. The molecule has 25 nitrogen and oxygen atoms in total. The molecule has 11 rings (SSSR count). The fraction of sp³-hybridized carbons (Fsp3) is 0.222. The number of benzene rings is 2. The summed E-state index contributed by atoms with van der Waals surface area (Å²) in [4.78, 5) is 136. The van der Waals surface area contributed by atoms with Crippen molar-refractivity contribution in [1.29, 1.82) is 0 Å². The number of fused-ring (bicyclic) bond motifs is 16. The number of carbonyl (C=O) groups is 7. The fourth-order valence-corrected chi connectivity index (χ4v) is 14.9. The number of hydrogen-bond donors (Lipinski definition) is 9. The molecule has 7 atom stereocenters. The number of hydrogen-bond acceptors (Lipinski definition) is 23. The summed E-state index contributed by atoms with van der Waals surface area (Å²) in [6.45, 7) is 3.27. The molecule has 85 heavy (non-hydrogen) atoms. The van der Waals surface area contributed by atoms with E-state index < -0.39 is 90.3 Å². The van der Waals surface area contributed by atoms with E-state index in [2.05, 4.69) is 30.9 Å². The van der Waals surface area contributed by atoms with Crippen LogP contribution >= 0.6 is 68.0 Å². The number of rotatable bonds is 10. The molecule has 2 aromatic carbocycles. The van der Waals surface area contributed by atoms with Crippen molar-refractivity contribution in [3.05, 3.63) is 147 Å². The third kappa shape index (κ3) is 12.4. The van der Waals surface area contributed by atoms with Gasteiger partial charge in [-0.3, -0.25) is 33.6 Å². The lowest BCUT2D eigenvalue weighted by atomic mass is 10.00. The maximum atomic E-state index is 15.2. The molecule has 31 heteroatoms. The lowest BCUT2D eigenvalue weighted by Crippen LogP contribution is -2.50. The Hall–Kier alpha value is -8.82. The average molecular weight is 1260 g/mol. The molecule has 9 aromatic rings. The Morgan fingerprint density at radius 2 is 1.34 bits per heavy atom. The number of pyridine rings is 1. The van der Waals surface area contributed by atoms with Crippen molar-refractivity contribution in [3.63, 3.8) is 0 Å². The third-order valence-electron chi connectivity index (χ3n) is 13.7. The number of aryl methyl sites for hydroxylation is 1. The van der Waals surface area contributed by atoms with Crippen molar-refractivity contribution in [2.45, 2.75) is 63.1 Å². The summed E-state index contributed by atoms with van der Waals surface area (Å²) in [6, 6.07) is 13.2. The molecule has 11 N–H and O–H groups in total. The second kappa shape index (κ2) is 24.4. The summed E-state index contributed by atoms with van der Waals surface area (Å²) < 4.78 is 0. The first kappa shape index (κ1) is 58.0. The Balaban J connectivity index is 1.03. The molecule has 7 amide bonds. The van der Waals surface area contributed by atoms with Crippen LogP contribution in [0.1, 0.15) is 111 Å². The number of phenols is 1. The molecule has 1 saturated heterocycles. The van der Waals surface area contributed by atoms with E-state index in [0.29, 0.717) is 64.4 Å². The number of hydroxylamine groups is 1. The van der Waals surface area contributed by atoms with Crippen molar-refractivity contribution in [3.8, 4) is 49.1 Å². The molecule has 434 valence electrons. The monoisotopic (exact) mass is 1260 g/mol. The van der Waals surface area contributed by atoms with Gasteiger partial charge < -0.3 is 47.6 Å². The van der Waals surface area contributed by atoms with E-state index in [0.717, 1.165) is 45.3 Å². The van der Waals surface area contributed by atoms with Crippen LogP contribution in [0.4, 0.5) is 4.79 Å². The van der Waals surface area contributed by atoms with Crippen molar-refractivity contribution >= 4 is 110 Å². The van der Waals surface area contributed by atoms with Gasteiger partial charge in [-0.1, -0.05) is 49.4 Å². The zero-order valence-electron chi connectivity index (χ0n) is 44.2. The number of aliphatic hydroxyl groups excluding tert-OH is 1. The summed E-state index contributed by atoms with van der Waals surface area (Å²) in [7, 11) is 0. The van der Waals surface area contributed by atoms with Crippen molar-refractivity contribution in [1.82, 2.24) is 61.2 Å². The lowest BCUT2D eigenvalue weighted by molar-refractivity contribution is -0.134. The molecule has 0 radical (unpaired) electrons. The van der Waals surface area contributed by atoms with Crippen LogP contribution in [0.15, 0.2) is 93.6 Å². The highest BCUT2D eigenvalue weighted by molar-refractivity contribution is 7.15. The van der Waals surface area contributed by atoms with Crippen molar-refractivity contribution in [2.24, 2.45) is 17.4 Å². The molecular weight excluding hydrogens is 1210 g/mol. The first-order valence-electron chi connectivity index (χ1n) is 25.6. The van der Waals surface area contributed by atoms with Gasteiger partial charge in [0.05, 0.1) is 30.3 Å². The average Bonchev–Trinajstić information content (AvgIpc) is 3.46. The summed E-state index contributed by atoms with van der Waals surface area (Å²) in [5.74, 6) is -5.00. The number of nitrogens with two attached hydrogens (primary N) is 2. The molecule has 0 saturated carbocycles. The van der Waals surface area contributed by atoms with Crippen LogP contribution in [0.5, 0.6) is 5.75 Å². The van der Waals surface area contributed by atoms with E-state index in [-0.39, 0.29) is 51.5 Å². The van der Waals surface area contributed by atoms with Crippen molar-refractivity contribution < 1.29 is 53.7 Å². The second-order valence-corrected chi connectivity index (χ2v) is 25.0. The van der Waals surface area contributed by atoms with E-state index in [4.69, 9.17) is 36.2 Å². The number of aliphatic hydroxyl groups is 1. The largest absolute Gasteiger partial charge is 0.508 e. The Bertz CT molecular complexity index is 4050. The number of aromatic hydroxyl groups is 1. The fourth-order valence-electron chi connectivity index (χ4n) is 9.54. The van der Waals surface area contributed by atoms with Gasteiger partial charge in [0.2, 0.25) is 11.8 Å². The lowest BCUT2D eigenvalue weighted by Gasteiger charge is -2.29. The molecule has 2 aliphatic rings. The van der Waals surface area contributed by atoms with Crippen molar-refractivity contribution in [2.75, 3.05) is 6.54 Å². The van der Waals surface area contributed by atoms with Crippen LogP contribution in [0, 0.1) is 12.8 Å². The minimum Gasteiger partial charge on any atom is -0.508 e. The Morgan fingerprint density at radius 3 is 2.07 bits per heavy atom. The van der Waals surface area contributed by atoms with Crippen LogP contribution in [0.25, 0.3) is 43.4 Å². The molecule has 9 heterocycles. The predicted molar refractivity (Wildman–Crippen MR) is 314 cm³/mol. The van der Waals surface area contributed by atoms with E-state index >= 15 is 4.79 Å². The number of carboxylic acid groups (broad SMARTS) is 1. The minimum absolute atomic E-state index is 0.0259. The van der Waals surface area contributed by atoms with Crippen LogP contribution in [0.2, 0.25) is 0 Å². The number of primary amides is 2. The molecular formula is C54H46N14O11S6. The Labute approximate surface area is 504 Å². The summed E-state index contributed by atoms with van der Waals surface area (Å²) >= 11 is 6.71. The second-order valence-electron chi connectivity index (χ2n) is 19.4. The molecule has 0 unspecified atom stereocenters. The Morgan fingerprint density at radius 1 is 0.694 bits per heavy atom. The number of carbonyl (C=O) groups excluding carboxylic acids is 6. The van der Waals surface area contributed by atoms with E-state index in [9.17, 15) is 44.1 Å². The zero-order valence-corrected chi connectivity index (χ0v) is 49.1. The van der Waals surface area contributed by atoms with E-state index in [1.54, 1.807) is 79.2 Å². The number of phenolic OH excluding ortho intramolecular Hbond substituents is 1. The zero-order chi connectivity index (χ0) is 59.8. The smallest absolute Gasteiger partial charge is 0.428 e. The summed E-state index contributed by atoms with van der Waals surface area (Å²) in [5.41, 5.74) is 15.8. The van der Waals surface area contributed by atoms with Gasteiger partial charge in [-0.15, -0.1) is 68.0 Å². The van der Waals surface area contributed by atoms with Gasteiger partial charge in [-0.25, -0.2) is 39.7 Å². The molecule has 0 spiro atoms. The topological polar surface area (TPSA) is 383 Å². The molecule has 2 aliphatic heterocycles. The van der Waals surface area contributed by atoms with Gasteiger partial charge in [-0.05, 0) is 42.3 Å². The van der Waals surface area contributed by atoms with Gasteiger partial charge in [-0.2, -0.15) is 5.48 Å². The highest BCUT2D eigenvalue weighted by Gasteiger charge is 2.46. The SMILES string of the molecule is Cc1sc2nc1C(=O)N[C@@H]([C@H](ONC(=O)O)c1ccccc1)c1nc(cs1)C(=O)N[C@H](Cc1ccc(O)cc1)C(=O)N1C[C@H](O)[C@H](C)[C@H]1c1nc(cs1)-c1nc(cs1)-c1nc(-c3nc(C(N)=O)cs3)ccc1-c1nc(cs1)C(=O)N[C@H]2CC(N)=O. The molecule has 1 fully saturated rings. The normalized spacial score (nSPS) is 19.5. The quantitative estimate of drug-likeness (QED) is 0.0651. The van der Waals surface area contributed by atoms with Crippen LogP contribution in [-0.2, 0) is 20.8 Å². The van der Waals surface area contributed by atoms with Crippen LogP contribution < -0.4 is 32.9 Å². The van der Waals surface area contributed by atoms with E-state index in [1.807, 2.05) is 5.48 Å². The highest BCUT2D eigenvalue weighted by Crippen LogP contribution is 2.43. The van der Waals surface area contributed by atoms with E-state index in [1.165, 1.54) is 55.8 Å². The third-order valence-corrected chi connectivity index (χ3v) is 19.2. The standard InChI is InChI=1S/C54H46N14O11S6/c1-22-36(70)16-68-41(22)52-64-35(21-84-52)49-60-31(17-81-49)39-27(12-13-28(57-39)48-61-32(18-82-48)43(56)72)47-62-33(19-80-47)44(73)58-29(15-37(55)71)50-66-38(23(2)85-50)46(75)65-40(42(79-67-54(77)78)25-6-4-3-5-7-25)51-63-34(20-83-51)45(74)59-30(53(68)76)14-24-8-10-26(69)11-9-24/h3-13,17-22,29-30,36,40-42,67,69-70H,14-16H2,1-2H3,(H2,55,71)(H2,56,72)(H,58,73)(H,59,74)(H,65,75)(H,77,78)/t22-,29-,30+,36-,40-,41-,42+/m0/s1. The first-order chi connectivity index (χ1) is 40.8. The number of aromatic nitrogens is 7. The number of thiazole rings is 6. The van der Waals surface area contributed by atoms with Crippen LogP contribution in [0.3, 0.4) is 0 Å².